The van der Waals surface area contributed by atoms with Crippen molar-refractivity contribution in [1.82, 2.24) is 4.90 Å². The molecule has 0 aliphatic carbocycles. The molecule has 1 aliphatic rings. The third-order valence-corrected chi connectivity index (χ3v) is 3.50. The van der Waals surface area contributed by atoms with Gasteiger partial charge in [0.1, 0.15) is 0 Å². The van der Waals surface area contributed by atoms with Gasteiger partial charge in [0.25, 0.3) is 5.69 Å². The number of hydrogen-bond acceptors (Lipinski definition) is 5. The van der Waals surface area contributed by atoms with Crippen molar-refractivity contribution in [2.75, 3.05) is 19.6 Å². The van der Waals surface area contributed by atoms with Crippen molar-refractivity contribution in [2.45, 2.75) is 25.4 Å². The lowest BCUT2D eigenvalue weighted by Crippen LogP contribution is -2.47. The number of carbonyl (C=O) groups excluding carboxylic acids is 1. The maximum absolute atomic E-state index is 12.2. The van der Waals surface area contributed by atoms with E-state index in [4.69, 9.17) is 0 Å². The number of piperidine rings is 1. The van der Waals surface area contributed by atoms with Crippen molar-refractivity contribution in [1.29, 1.82) is 0 Å². The second kappa shape index (κ2) is 5.68. The van der Waals surface area contributed by atoms with Gasteiger partial charge in [0.15, 0.2) is 5.78 Å². The van der Waals surface area contributed by atoms with E-state index in [1.165, 1.54) is 18.2 Å². The summed E-state index contributed by atoms with van der Waals surface area (Å²) in [7, 11) is 0. The van der Waals surface area contributed by atoms with Crippen molar-refractivity contribution in [2.24, 2.45) is 0 Å². The highest BCUT2D eigenvalue weighted by Crippen LogP contribution is 2.21. The van der Waals surface area contributed by atoms with Crippen LogP contribution in [0.5, 0.6) is 0 Å². The molecule has 0 bridgehead atoms. The largest absolute Gasteiger partial charge is 0.389 e. The Morgan fingerprint density at radius 1 is 1.55 bits per heavy atom. The van der Waals surface area contributed by atoms with Gasteiger partial charge in [-0.25, -0.2) is 0 Å². The van der Waals surface area contributed by atoms with Crippen molar-refractivity contribution < 1.29 is 14.8 Å². The maximum atomic E-state index is 12.2. The molecule has 0 radical (unpaired) electrons. The lowest BCUT2D eigenvalue weighted by molar-refractivity contribution is -0.384. The minimum absolute atomic E-state index is 0.0820. The number of rotatable bonds is 4. The summed E-state index contributed by atoms with van der Waals surface area (Å²) < 4.78 is 0. The zero-order chi connectivity index (χ0) is 14.8. The van der Waals surface area contributed by atoms with E-state index in [1.807, 2.05) is 4.90 Å². The van der Waals surface area contributed by atoms with Crippen LogP contribution in [-0.2, 0) is 0 Å². The number of nitro benzene ring substituents is 1. The molecule has 1 aromatic carbocycles. The van der Waals surface area contributed by atoms with Gasteiger partial charge in [0, 0.05) is 24.2 Å². The van der Waals surface area contributed by atoms with E-state index in [0.717, 1.165) is 19.4 Å². The number of ketones is 1. The molecule has 108 valence electrons. The van der Waals surface area contributed by atoms with Gasteiger partial charge in [-0.3, -0.25) is 19.8 Å². The summed E-state index contributed by atoms with van der Waals surface area (Å²) in [5.41, 5.74) is -0.507. The molecule has 1 heterocycles. The Bertz CT molecular complexity index is 528. The first-order valence-corrected chi connectivity index (χ1v) is 6.60. The van der Waals surface area contributed by atoms with Gasteiger partial charge in [-0.15, -0.1) is 0 Å². The SMILES string of the molecule is CC1(O)CCCN(CC(=O)c2cccc([N+](=O)[O-])c2)C1. The summed E-state index contributed by atoms with van der Waals surface area (Å²) in [5, 5.41) is 20.7. The van der Waals surface area contributed by atoms with Crippen LogP contribution in [0.25, 0.3) is 0 Å². The van der Waals surface area contributed by atoms with Crippen LogP contribution in [0.4, 0.5) is 5.69 Å². The first-order chi connectivity index (χ1) is 9.37. The van der Waals surface area contributed by atoms with Crippen molar-refractivity contribution >= 4 is 11.5 Å². The Hall–Kier alpha value is -1.79. The average Bonchev–Trinajstić information content (AvgIpc) is 2.37. The summed E-state index contributed by atoms with van der Waals surface area (Å²) in [5.74, 6) is -0.161. The second-order valence-corrected chi connectivity index (χ2v) is 5.54. The minimum Gasteiger partial charge on any atom is -0.389 e. The summed E-state index contributed by atoms with van der Waals surface area (Å²) in [4.78, 5) is 24.2. The number of carbonyl (C=O) groups is 1. The molecule has 1 aliphatic heterocycles. The number of Topliss-reactive ketones (excluding diaryl/α,β-unsaturated/α-hetero) is 1. The van der Waals surface area contributed by atoms with E-state index < -0.39 is 10.5 Å². The minimum atomic E-state index is -0.763. The van der Waals surface area contributed by atoms with Gasteiger partial charge in [-0.1, -0.05) is 12.1 Å². The lowest BCUT2D eigenvalue weighted by Gasteiger charge is -2.36. The Morgan fingerprint density at radius 3 is 2.95 bits per heavy atom. The van der Waals surface area contributed by atoms with Crippen molar-refractivity contribution in [3.8, 4) is 0 Å². The Morgan fingerprint density at radius 2 is 2.30 bits per heavy atom. The summed E-state index contributed by atoms with van der Waals surface area (Å²) in [6.45, 7) is 3.15. The van der Waals surface area contributed by atoms with Gasteiger partial charge in [0.05, 0.1) is 17.1 Å². The van der Waals surface area contributed by atoms with Crippen LogP contribution in [0, 0.1) is 10.1 Å². The standard InChI is InChI=1S/C14H18N2O4/c1-14(18)6-3-7-15(10-14)9-13(17)11-4-2-5-12(8-11)16(19)20/h2,4-5,8,18H,3,6-7,9-10H2,1H3. The third kappa shape index (κ3) is 3.61. The predicted molar refractivity (Wildman–Crippen MR) is 73.7 cm³/mol. The maximum Gasteiger partial charge on any atom is 0.270 e. The average molecular weight is 278 g/mol. The fourth-order valence-corrected chi connectivity index (χ4v) is 2.55. The Kier molecular flexibility index (Phi) is 4.15. The van der Waals surface area contributed by atoms with Crippen LogP contribution in [0.2, 0.25) is 0 Å². The van der Waals surface area contributed by atoms with Gasteiger partial charge >= 0.3 is 0 Å². The Balaban J connectivity index is 2.05. The molecule has 20 heavy (non-hydrogen) atoms. The molecule has 0 amide bonds. The van der Waals surface area contributed by atoms with Gasteiger partial charge in [-0.2, -0.15) is 0 Å². The predicted octanol–water partition coefficient (Wildman–Crippen LogP) is 1.62. The van der Waals surface area contributed by atoms with Crippen LogP contribution < -0.4 is 0 Å². The molecule has 6 heteroatoms. The lowest BCUT2D eigenvalue weighted by atomic mass is 9.95. The highest BCUT2D eigenvalue weighted by molar-refractivity contribution is 5.98. The number of likely N-dealkylation sites (tertiary alicyclic amines) is 1. The highest BCUT2D eigenvalue weighted by atomic mass is 16.6. The van der Waals surface area contributed by atoms with Crippen LogP contribution in [0.3, 0.4) is 0 Å². The number of non-ortho nitro benzene ring substituents is 1. The molecule has 1 unspecified atom stereocenters. The van der Waals surface area contributed by atoms with Crippen molar-refractivity contribution in [3.05, 3.63) is 39.9 Å². The molecule has 0 saturated carbocycles. The third-order valence-electron chi connectivity index (χ3n) is 3.50. The van der Waals surface area contributed by atoms with E-state index in [9.17, 15) is 20.0 Å². The van der Waals surface area contributed by atoms with E-state index in [2.05, 4.69) is 0 Å². The topological polar surface area (TPSA) is 83.7 Å². The number of hydrogen-bond donors (Lipinski definition) is 1. The number of aliphatic hydroxyl groups is 1. The number of β-amino-alcohol motifs (C(OH)–C–C–N with tert-alkyl or cyclic N) is 1. The fourth-order valence-electron chi connectivity index (χ4n) is 2.55. The molecule has 1 atom stereocenters. The molecule has 6 nitrogen and oxygen atoms in total. The first kappa shape index (κ1) is 14.6. The molecule has 1 saturated heterocycles. The molecule has 1 N–H and O–H groups in total. The fraction of sp³-hybridized carbons (Fsp3) is 0.500. The number of nitrogens with zero attached hydrogens (tertiary/aromatic N) is 2. The second-order valence-electron chi connectivity index (χ2n) is 5.54. The smallest absolute Gasteiger partial charge is 0.270 e. The van der Waals surface area contributed by atoms with Crippen LogP contribution in [0.15, 0.2) is 24.3 Å². The Labute approximate surface area is 117 Å². The zero-order valence-corrected chi connectivity index (χ0v) is 11.4. The molecule has 1 fully saturated rings. The van der Waals surface area contributed by atoms with Gasteiger partial charge in [0.2, 0.25) is 0 Å². The normalized spacial score (nSPS) is 23.5. The van der Waals surface area contributed by atoms with Crippen LogP contribution in [0.1, 0.15) is 30.1 Å². The number of nitro groups is 1. The quantitative estimate of drug-likeness (QED) is 0.514. The number of benzene rings is 1. The van der Waals surface area contributed by atoms with E-state index in [0.29, 0.717) is 12.1 Å². The molecule has 1 aromatic rings. The zero-order valence-electron chi connectivity index (χ0n) is 11.4. The molecule has 0 spiro atoms. The van der Waals surface area contributed by atoms with E-state index in [1.54, 1.807) is 13.0 Å². The van der Waals surface area contributed by atoms with Crippen molar-refractivity contribution in [3.63, 3.8) is 0 Å². The molecule has 0 aromatic heterocycles. The summed E-state index contributed by atoms with van der Waals surface area (Å²) in [6.07, 6.45) is 1.57. The van der Waals surface area contributed by atoms with Crippen LogP contribution in [-0.4, -0.2) is 45.9 Å². The highest BCUT2D eigenvalue weighted by Gasteiger charge is 2.29. The van der Waals surface area contributed by atoms with Gasteiger partial charge in [-0.05, 0) is 26.3 Å². The summed E-state index contributed by atoms with van der Waals surface area (Å²) >= 11 is 0. The molecular weight excluding hydrogens is 260 g/mol. The van der Waals surface area contributed by atoms with E-state index >= 15 is 0 Å². The first-order valence-electron chi connectivity index (χ1n) is 6.60. The summed E-state index contributed by atoms with van der Waals surface area (Å²) in [6, 6.07) is 5.75. The van der Waals surface area contributed by atoms with Crippen LogP contribution >= 0.6 is 0 Å². The molecular formula is C14H18N2O4. The van der Waals surface area contributed by atoms with E-state index in [-0.39, 0.29) is 18.0 Å². The monoisotopic (exact) mass is 278 g/mol. The van der Waals surface area contributed by atoms with Gasteiger partial charge < -0.3 is 5.11 Å². The molecule has 2 rings (SSSR count).